The van der Waals surface area contributed by atoms with Crippen molar-refractivity contribution in [1.82, 2.24) is 16.0 Å². The number of fused-ring (bicyclic) bond motifs is 5. The van der Waals surface area contributed by atoms with Crippen molar-refractivity contribution in [2.24, 2.45) is 52.1 Å². The lowest BCUT2D eigenvalue weighted by molar-refractivity contribution is -0.167. The molecule has 10 atom stereocenters. The van der Waals surface area contributed by atoms with Crippen LogP contribution < -0.4 is 21.7 Å². The number of aliphatic carboxylic acids is 1. The maximum Gasteiger partial charge on any atom is 0.303 e. The second kappa shape index (κ2) is 15.3. The minimum atomic E-state index is -0.669. The fraction of sp³-hybridized carbons (Fsp3) is 0.971. The van der Waals surface area contributed by atoms with E-state index in [9.17, 15) is 15.0 Å². The summed E-state index contributed by atoms with van der Waals surface area (Å²) >= 11 is 0. The molecule has 0 spiro atoms. The Morgan fingerprint density at radius 1 is 0.878 bits per heavy atom. The fourth-order valence-electron chi connectivity index (χ4n) is 10.4. The molecule has 0 heterocycles. The van der Waals surface area contributed by atoms with Crippen molar-refractivity contribution in [1.29, 1.82) is 0 Å². The molecule has 0 radical (unpaired) electrons. The van der Waals surface area contributed by atoms with E-state index in [-0.39, 0.29) is 17.9 Å². The molecule has 238 valence electrons. The van der Waals surface area contributed by atoms with Gasteiger partial charge >= 0.3 is 5.97 Å². The van der Waals surface area contributed by atoms with Crippen LogP contribution in [0.4, 0.5) is 0 Å². The third-order valence-corrected chi connectivity index (χ3v) is 12.7. The summed E-state index contributed by atoms with van der Waals surface area (Å²) in [5.74, 6) is 2.68. The molecule has 4 saturated carbocycles. The van der Waals surface area contributed by atoms with Crippen molar-refractivity contribution >= 4 is 5.97 Å². The lowest BCUT2D eigenvalue weighted by atomic mass is 9.43. The number of carboxylic acids is 1. The molecule has 7 N–H and O–H groups in total. The molecule has 4 rings (SSSR count). The van der Waals surface area contributed by atoms with E-state index >= 15 is 0 Å². The van der Waals surface area contributed by atoms with Crippen LogP contribution in [0.25, 0.3) is 0 Å². The summed E-state index contributed by atoms with van der Waals surface area (Å²) in [6, 6.07) is 0.594. The van der Waals surface area contributed by atoms with Crippen LogP contribution in [0.2, 0.25) is 0 Å². The van der Waals surface area contributed by atoms with E-state index in [1.165, 1.54) is 64.2 Å². The van der Waals surface area contributed by atoms with E-state index in [4.69, 9.17) is 5.73 Å². The van der Waals surface area contributed by atoms with Gasteiger partial charge in [0.2, 0.25) is 0 Å². The summed E-state index contributed by atoms with van der Waals surface area (Å²) in [6.45, 7) is 13.5. The standard InChI is InChI=1S/C34H64N4O3/c1-24(8-11-31(40)41)27-9-10-28-32-29(13-15-34(27,28)3)33(2)14-12-26(22-25(33)23-30(32)39)38-21-7-20-37-18-5-4-17-36-19-6-16-35/h24-30,32,36-39H,4-23,35H2,1-3H3,(H,40,41)/t24?,25-,26-,27+,28?,29?,30?,32?,33-,34+/m0/s1. The number of hydrogen-bond acceptors (Lipinski definition) is 6. The zero-order chi connectivity index (χ0) is 29.5. The number of nitrogens with two attached hydrogens (primary N) is 1. The van der Waals surface area contributed by atoms with Gasteiger partial charge in [-0.1, -0.05) is 20.8 Å². The summed E-state index contributed by atoms with van der Waals surface area (Å²) in [4.78, 5) is 11.2. The molecule has 41 heavy (non-hydrogen) atoms. The van der Waals surface area contributed by atoms with E-state index in [1.54, 1.807) is 0 Å². The fourth-order valence-corrected chi connectivity index (χ4v) is 10.4. The SMILES string of the molecule is CC(CCC(=O)O)[C@H]1CCC2C3C(O)C[C@@H]4C[C@@H](NCCCNCCCCNCCCN)CC[C@]4(C)C3CC[C@@]21C. The molecule has 5 unspecified atom stereocenters. The van der Waals surface area contributed by atoms with Gasteiger partial charge in [-0.25, -0.2) is 0 Å². The molecule has 4 aliphatic rings. The maximum absolute atomic E-state index is 11.7. The minimum Gasteiger partial charge on any atom is -0.481 e. The number of carbonyl (C=O) groups is 1. The zero-order valence-corrected chi connectivity index (χ0v) is 26.6. The van der Waals surface area contributed by atoms with Crippen molar-refractivity contribution < 1.29 is 15.0 Å². The molecule has 0 bridgehead atoms. The second-order valence-corrected chi connectivity index (χ2v) is 15.1. The van der Waals surface area contributed by atoms with Crippen LogP contribution in [-0.4, -0.2) is 67.6 Å². The lowest BCUT2D eigenvalue weighted by Crippen LogP contribution is -2.59. The number of hydrogen-bond donors (Lipinski definition) is 6. The van der Waals surface area contributed by atoms with Crippen molar-refractivity contribution in [3.05, 3.63) is 0 Å². The Hall–Kier alpha value is -0.730. The van der Waals surface area contributed by atoms with Crippen LogP contribution in [0, 0.1) is 46.3 Å². The molecule has 7 heteroatoms. The molecular formula is C34H64N4O3. The highest BCUT2D eigenvalue weighted by Gasteiger charge is 2.62. The number of aliphatic hydroxyl groups is 1. The highest BCUT2D eigenvalue weighted by Crippen LogP contribution is 2.68. The Bertz CT molecular complexity index is 813. The van der Waals surface area contributed by atoms with Crippen LogP contribution >= 0.6 is 0 Å². The Labute approximate surface area is 250 Å². The van der Waals surface area contributed by atoms with Gasteiger partial charge in [-0.05, 0) is 169 Å². The molecule has 4 aliphatic carbocycles. The maximum atomic E-state index is 11.7. The predicted octanol–water partition coefficient (Wildman–Crippen LogP) is 4.77. The molecule has 7 nitrogen and oxygen atoms in total. The van der Waals surface area contributed by atoms with Gasteiger partial charge in [0.25, 0.3) is 0 Å². The van der Waals surface area contributed by atoms with Crippen molar-refractivity contribution in [3.8, 4) is 0 Å². The van der Waals surface area contributed by atoms with Gasteiger partial charge in [-0.2, -0.15) is 0 Å². The number of rotatable bonds is 17. The predicted molar refractivity (Wildman–Crippen MR) is 168 cm³/mol. The van der Waals surface area contributed by atoms with Gasteiger partial charge in [-0.15, -0.1) is 0 Å². The first-order chi connectivity index (χ1) is 19.7. The highest BCUT2D eigenvalue weighted by atomic mass is 16.4. The van der Waals surface area contributed by atoms with Crippen molar-refractivity contribution in [3.63, 3.8) is 0 Å². The van der Waals surface area contributed by atoms with Crippen LogP contribution in [0.15, 0.2) is 0 Å². The summed E-state index contributed by atoms with van der Waals surface area (Å²) in [6.07, 6.45) is 15.3. The Morgan fingerprint density at radius 2 is 1.54 bits per heavy atom. The normalized spacial score (nSPS) is 39.1. The van der Waals surface area contributed by atoms with E-state index in [2.05, 4.69) is 36.7 Å². The van der Waals surface area contributed by atoms with E-state index in [1.807, 2.05) is 0 Å². The summed E-state index contributed by atoms with van der Waals surface area (Å²) in [7, 11) is 0. The van der Waals surface area contributed by atoms with Crippen molar-refractivity contribution in [2.75, 3.05) is 39.3 Å². The minimum absolute atomic E-state index is 0.172. The van der Waals surface area contributed by atoms with E-state index in [0.717, 1.165) is 58.5 Å². The van der Waals surface area contributed by atoms with Crippen molar-refractivity contribution in [2.45, 2.75) is 123 Å². The summed E-state index contributed by atoms with van der Waals surface area (Å²) in [5, 5.41) is 31.9. The van der Waals surface area contributed by atoms with Gasteiger partial charge in [0.15, 0.2) is 0 Å². The smallest absolute Gasteiger partial charge is 0.303 e. The Balaban J connectivity index is 1.20. The average Bonchev–Trinajstić information content (AvgIpc) is 3.30. The number of aliphatic hydroxyl groups excluding tert-OH is 1. The average molecular weight is 577 g/mol. The van der Waals surface area contributed by atoms with E-state index < -0.39 is 5.97 Å². The van der Waals surface area contributed by atoms with Crippen LogP contribution in [0.1, 0.15) is 111 Å². The summed E-state index contributed by atoms with van der Waals surface area (Å²) < 4.78 is 0. The highest BCUT2D eigenvalue weighted by molar-refractivity contribution is 5.66. The molecule has 0 saturated heterocycles. The molecular weight excluding hydrogens is 512 g/mol. The van der Waals surface area contributed by atoms with Gasteiger partial charge in [0.05, 0.1) is 6.10 Å². The Morgan fingerprint density at radius 3 is 2.24 bits per heavy atom. The third kappa shape index (κ3) is 7.87. The Kier molecular flexibility index (Phi) is 12.4. The molecule has 4 fully saturated rings. The van der Waals surface area contributed by atoms with Crippen LogP contribution in [0.5, 0.6) is 0 Å². The monoisotopic (exact) mass is 576 g/mol. The summed E-state index contributed by atoms with van der Waals surface area (Å²) in [5.41, 5.74) is 6.15. The van der Waals surface area contributed by atoms with E-state index in [0.29, 0.717) is 47.0 Å². The zero-order valence-electron chi connectivity index (χ0n) is 26.6. The van der Waals surface area contributed by atoms with Gasteiger partial charge in [0.1, 0.15) is 0 Å². The molecule has 0 aromatic heterocycles. The first kappa shape index (κ1) is 33.2. The third-order valence-electron chi connectivity index (χ3n) is 12.7. The lowest BCUT2D eigenvalue weighted by Gasteiger charge is -2.62. The number of carboxylic acid groups (broad SMARTS) is 1. The van der Waals surface area contributed by atoms with Crippen LogP contribution in [-0.2, 0) is 4.79 Å². The number of unbranched alkanes of at least 4 members (excludes halogenated alkanes) is 1. The number of nitrogens with one attached hydrogen (secondary N) is 3. The quantitative estimate of drug-likeness (QED) is 0.138. The molecule has 0 aliphatic heterocycles. The second-order valence-electron chi connectivity index (χ2n) is 15.1. The molecule has 0 amide bonds. The topological polar surface area (TPSA) is 120 Å². The van der Waals surface area contributed by atoms with Gasteiger partial charge < -0.3 is 31.9 Å². The first-order valence-electron chi connectivity index (χ1n) is 17.5. The molecule has 0 aromatic carbocycles. The van der Waals surface area contributed by atoms with Gasteiger partial charge in [-0.3, -0.25) is 4.79 Å². The van der Waals surface area contributed by atoms with Gasteiger partial charge in [0, 0.05) is 12.5 Å². The largest absolute Gasteiger partial charge is 0.481 e. The first-order valence-corrected chi connectivity index (χ1v) is 17.5. The molecule has 0 aromatic rings. The van der Waals surface area contributed by atoms with Crippen LogP contribution in [0.3, 0.4) is 0 Å².